The van der Waals surface area contributed by atoms with Crippen molar-refractivity contribution in [3.63, 3.8) is 0 Å². The molecule has 0 amide bonds. The Kier molecular flexibility index (Phi) is 27.7. The molecule has 6 aliphatic rings. The second-order valence-electron chi connectivity index (χ2n) is 22.2. The molecule has 2 bridgehead atoms. The van der Waals surface area contributed by atoms with Crippen molar-refractivity contribution >= 4 is 0 Å². The Balaban J connectivity index is 1.21. The van der Waals surface area contributed by atoms with Gasteiger partial charge in [-0.15, -0.1) is 0 Å². The fourth-order valence-electron chi connectivity index (χ4n) is 12.2. The second-order valence-corrected chi connectivity index (χ2v) is 22.2. The molecule has 4 heterocycles. The van der Waals surface area contributed by atoms with Crippen LogP contribution >= 0.6 is 0 Å². The molecule has 24 heteroatoms. The summed E-state index contributed by atoms with van der Waals surface area (Å²) in [6.07, 6.45) is -17.7. The van der Waals surface area contributed by atoms with Gasteiger partial charge in [-0.2, -0.15) is 0 Å². The minimum atomic E-state index is -1.90. The third-order valence-corrected chi connectivity index (χ3v) is 16.8. The Morgan fingerprint density at radius 3 is 0.935 bits per heavy atom. The van der Waals surface area contributed by atoms with Crippen LogP contribution in [0.25, 0.3) is 0 Å². The van der Waals surface area contributed by atoms with Crippen LogP contribution in [0.15, 0.2) is 0 Å². The van der Waals surface area contributed by atoms with Gasteiger partial charge >= 0.3 is 0 Å². The van der Waals surface area contributed by atoms with E-state index >= 15 is 0 Å². The Morgan fingerprint density at radius 1 is 0.325 bits per heavy atom. The first-order valence-corrected chi connectivity index (χ1v) is 28.8. The van der Waals surface area contributed by atoms with E-state index in [-0.39, 0.29) is 11.8 Å². The molecular weight excluding hydrogens is 1020 g/mol. The summed E-state index contributed by atoms with van der Waals surface area (Å²) in [4.78, 5) is 0. The lowest BCUT2D eigenvalue weighted by atomic mass is 9.76. The third-order valence-electron chi connectivity index (χ3n) is 16.8. The van der Waals surface area contributed by atoms with Gasteiger partial charge in [-0.1, -0.05) is 104 Å². The highest BCUT2D eigenvalue weighted by molar-refractivity contribution is 5.09. The number of hydrogen-bond donors (Lipinski definition) is 14. The summed E-state index contributed by atoms with van der Waals surface area (Å²) in [6.45, 7) is 2.87. The van der Waals surface area contributed by atoms with Crippen LogP contribution in [0, 0.1) is 23.7 Å². The van der Waals surface area contributed by atoms with E-state index in [9.17, 15) is 71.5 Å². The average Bonchev–Trinajstić information content (AvgIpc) is 4.04. The monoisotopic (exact) mass is 1120 g/mol. The summed E-state index contributed by atoms with van der Waals surface area (Å²) in [7, 11) is 0. The number of unbranched alkanes of at least 4 members (excludes halogenated alkanes) is 14. The summed E-state index contributed by atoms with van der Waals surface area (Å²) >= 11 is 0. The molecule has 24 nitrogen and oxygen atoms in total. The van der Waals surface area contributed by atoms with Crippen LogP contribution in [0.5, 0.6) is 0 Å². The molecule has 26 atom stereocenters. The van der Waals surface area contributed by atoms with Gasteiger partial charge in [0.2, 0.25) is 0 Å². The minimum Gasteiger partial charge on any atom is -0.394 e. The van der Waals surface area contributed by atoms with Gasteiger partial charge in [0.1, 0.15) is 97.7 Å². The molecule has 4 aliphatic heterocycles. The second kappa shape index (κ2) is 32.8. The van der Waals surface area contributed by atoms with Gasteiger partial charge < -0.3 is 119 Å². The van der Waals surface area contributed by atoms with Crippen LogP contribution in [0.3, 0.4) is 0 Å². The highest BCUT2D eigenvalue weighted by Gasteiger charge is 2.63. The summed E-state index contributed by atoms with van der Waals surface area (Å²) in [6, 6.07) is 0. The number of fused-ring (bicyclic) bond motifs is 2. The summed E-state index contributed by atoms with van der Waals surface area (Å²) in [5.74, 6) is -1.21. The fraction of sp³-hybridized carbons (Fsp3) is 1.00. The van der Waals surface area contributed by atoms with E-state index in [2.05, 4.69) is 13.8 Å². The summed E-state index contributed by atoms with van der Waals surface area (Å²) < 4.78 is 60.9. The van der Waals surface area contributed by atoms with Crippen LogP contribution < -0.4 is 0 Å². The first-order chi connectivity index (χ1) is 37.1. The zero-order valence-electron chi connectivity index (χ0n) is 45.0. The van der Waals surface area contributed by atoms with Crippen molar-refractivity contribution in [3.05, 3.63) is 0 Å². The Morgan fingerprint density at radius 2 is 0.610 bits per heavy atom. The van der Waals surface area contributed by atoms with Gasteiger partial charge in [0.05, 0.1) is 51.8 Å². The van der Waals surface area contributed by atoms with E-state index in [1.165, 1.54) is 51.4 Å². The maximum atomic E-state index is 11.7. The summed E-state index contributed by atoms with van der Waals surface area (Å²) in [5, 5.41) is 150. The molecule has 14 N–H and O–H groups in total. The molecule has 0 spiro atoms. The van der Waals surface area contributed by atoms with Gasteiger partial charge in [0.25, 0.3) is 0 Å². The largest absolute Gasteiger partial charge is 0.394 e. The fourth-order valence-corrected chi connectivity index (χ4v) is 12.2. The first-order valence-electron chi connectivity index (χ1n) is 28.8. The van der Waals surface area contributed by atoms with Crippen molar-refractivity contribution in [1.82, 2.24) is 0 Å². The molecule has 0 aromatic rings. The van der Waals surface area contributed by atoms with Crippen molar-refractivity contribution in [1.29, 1.82) is 0 Å². The van der Waals surface area contributed by atoms with E-state index in [0.717, 1.165) is 51.4 Å². The Labute approximate surface area is 452 Å². The van der Waals surface area contributed by atoms with Gasteiger partial charge in [-0.3, -0.25) is 0 Å². The molecule has 6 rings (SSSR count). The van der Waals surface area contributed by atoms with Crippen molar-refractivity contribution in [2.24, 2.45) is 23.7 Å². The lowest BCUT2D eigenvalue weighted by molar-refractivity contribution is -0.378. The van der Waals surface area contributed by atoms with Crippen molar-refractivity contribution in [2.75, 3.05) is 52.9 Å². The minimum absolute atomic E-state index is 0.205. The van der Waals surface area contributed by atoms with Gasteiger partial charge in [0, 0.05) is 13.2 Å². The first kappa shape index (κ1) is 65.2. The molecule has 0 unspecified atom stereocenters. The maximum absolute atomic E-state index is 11.7. The number of ether oxygens (including phenoxy) is 10. The number of aliphatic hydroxyl groups is 14. The zero-order chi connectivity index (χ0) is 55.8. The van der Waals surface area contributed by atoms with E-state index < -0.39 is 173 Å². The molecule has 6 fully saturated rings. The molecule has 2 saturated carbocycles. The lowest BCUT2D eigenvalue weighted by Gasteiger charge is -2.49. The Hall–Kier alpha value is -0.960. The Bertz CT molecular complexity index is 1490. The average molecular weight is 1120 g/mol. The standard InChI is InChI=1S/C53H96O24/c1-3-5-7-9-11-13-15-17-19-68-26-30-28-21-29(31(30)27-69-20-18-16-14-12-10-8-6-4-2)47(75-53-45(67)41(63)49(35(25-57)73-53)77-51-43(65)39(61)37(59)33(23-55)71-51)46(28)74-52-44(66)40(62)48(34(24-56)72-52)76-50-42(64)38(60)36(58)32(22-54)70-50/h28-67H,3-27H2,1-2H3/t28-,29-,30-,31+,32+,33+,34+,35+,36+,37+,38-,39-,40+,41+,42+,43+,44+,45+,46+,47-,48+,49+,50+,51+,52-,53-/m0/s1. The van der Waals surface area contributed by atoms with Gasteiger partial charge in [-0.05, 0) is 42.9 Å². The van der Waals surface area contributed by atoms with Gasteiger partial charge in [0.15, 0.2) is 25.2 Å². The third kappa shape index (κ3) is 16.7. The van der Waals surface area contributed by atoms with Crippen molar-refractivity contribution < 1.29 is 119 Å². The van der Waals surface area contributed by atoms with E-state index in [1.54, 1.807) is 0 Å². The molecule has 0 aromatic heterocycles. The van der Waals surface area contributed by atoms with E-state index in [4.69, 9.17) is 47.4 Å². The topological polar surface area (TPSA) is 376 Å². The SMILES string of the molecule is CCCCCCCCCCOC[C@@H]1[C@H](COCCCCCCCCCC)[C@@H]2C[C@@H]1[C@@H](O[C@@H]1O[C@H](CO)[C@@H](O[C@H]3O[C@H](CO)[C@@H](O)[C@H](O)[C@H]3O)[C@H](O)[C@H]1O)[C@H]2O[C@@H]1O[C@H](CO)[C@@H](O[C@H]2O[C@H](CO)[C@@H](O)[C@H](O)[C@H]2O)[C@H](O)[C@H]1O. The van der Waals surface area contributed by atoms with Crippen LogP contribution in [-0.2, 0) is 47.4 Å². The molecule has 0 aromatic carbocycles. The smallest absolute Gasteiger partial charge is 0.187 e. The zero-order valence-corrected chi connectivity index (χ0v) is 45.0. The van der Waals surface area contributed by atoms with Crippen LogP contribution in [0.1, 0.15) is 123 Å². The van der Waals surface area contributed by atoms with Crippen LogP contribution in [0.2, 0.25) is 0 Å². The predicted molar refractivity (Wildman–Crippen MR) is 268 cm³/mol. The number of rotatable bonds is 34. The molecule has 452 valence electrons. The molecule has 77 heavy (non-hydrogen) atoms. The molecule has 0 radical (unpaired) electrons. The highest BCUT2D eigenvalue weighted by Crippen LogP contribution is 2.56. The normalized spacial score (nSPS) is 43.3. The van der Waals surface area contributed by atoms with Crippen molar-refractivity contribution in [3.8, 4) is 0 Å². The molecule has 4 saturated heterocycles. The maximum Gasteiger partial charge on any atom is 0.187 e. The van der Waals surface area contributed by atoms with E-state index in [1.807, 2.05) is 0 Å². The molecular formula is C53H96O24. The number of aliphatic hydroxyl groups excluding tert-OH is 14. The molecule has 2 aliphatic carbocycles. The quantitative estimate of drug-likeness (QED) is 0.0316. The lowest BCUT2D eigenvalue weighted by Crippen LogP contribution is -2.66. The van der Waals surface area contributed by atoms with Crippen LogP contribution in [-0.4, -0.2) is 259 Å². The highest BCUT2D eigenvalue weighted by atomic mass is 16.8. The summed E-state index contributed by atoms with van der Waals surface area (Å²) in [5.41, 5.74) is 0. The van der Waals surface area contributed by atoms with E-state index in [0.29, 0.717) is 32.8 Å². The van der Waals surface area contributed by atoms with Crippen LogP contribution in [0.4, 0.5) is 0 Å². The van der Waals surface area contributed by atoms with Gasteiger partial charge in [-0.25, -0.2) is 0 Å². The predicted octanol–water partition coefficient (Wildman–Crippen LogP) is -1.80. The number of hydrogen-bond acceptors (Lipinski definition) is 24. The van der Waals surface area contributed by atoms with Crippen molar-refractivity contribution in [2.45, 2.75) is 258 Å².